The predicted molar refractivity (Wildman–Crippen MR) is 86.7 cm³/mol. The molecule has 1 atom stereocenters. The number of hydrogen-bond acceptors (Lipinski definition) is 4. The van der Waals surface area contributed by atoms with Crippen LogP contribution in [0.3, 0.4) is 0 Å². The molecule has 0 spiro atoms. The minimum absolute atomic E-state index is 0.161. The summed E-state index contributed by atoms with van der Waals surface area (Å²) < 4.78 is 4.92. The molecular weight excluding hydrogens is 284 g/mol. The normalized spacial score (nSPS) is 16.7. The fourth-order valence-electron chi connectivity index (χ4n) is 1.97. The van der Waals surface area contributed by atoms with E-state index < -0.39 is 23.7 Å². The molecule has 22 heavy (non-hydrogen) atoms. The highest BCUT2D eigenvalue weighted by Crippen LogP contribution is 2.14. The van der Waals surface area contributed by atoms with Gasteiger partial charge in [-0.25, -0.2) is 9.59 Å². The molecule has 1 aliphatic rings. The highest BCUT2D eigenvalue weighted by atomic mass is 16.6. The van der Waals surface area contributed by atoms with Crippen molar-refractivity contribution in [3.8, 4) is 0 Å². The molecule has 1 saturated carbocycles. The molecule has 0 radical (unpaired) electrons. The minimum atomic E-state index is -1.11. The number of carbonyl (C=O) groups is 2. The number of hydrogen-bond donors (Lipinski definition) is 3. The van der Waals surface area contributed by atoms with E-state index in [-0.39, 0.29) is 6.42 Å². The van der Waals surface area contributed by atoms with Crippen molar-refractivity contribution in [3.63, 3.8) is 0 Å². The monoisotopic (exact) mass is 314 g/mol. The Morgan fingerprint density at radius 1 is 1.36 bits per heavy atom. The lowest BCUT2D eigenvalue weighted by molar-refractivity contribution is -0.139. The van der Waals surface area contributed by atoms with Crippen LogP contribution in [0.5, 0.6) is 0 Å². The third-order valence-electron chi connectivity index (χ3n) is 3.04. The molecule has 0 heterocycles. The van der Waals surface area contributed by atoms with Gasteiger partial charge >= 0.3 is 12.1 Å². The zero-order valence-electron chi connectivity index (χ0n) is 13.9. The second-order valence-corrected chi connectivity index (χ2v) is 6.46. The Balaban J connectivity index is 0.000000518. The van der Waals surface area contributed by atoms with E-state index in [1.165, 1.54) is 38.2 Å². The molecule has 128 valence electrons. The van der Waals surface area contributed by atoms with Crippen LogP contribution in [-0.4, -0.2) is 34.9 Å². The van der Waals surface area contributed by atoms with Gasteiger partial charge in [-0.3, -0.25) is 0 Å². The Kier molecular flexibility index (Phi) is 9.49. The van der Waals surface area contributed by atoms with Crippen LogP contribution < -0.4 is 11.1 Å². The third-order valence-corrected chi connectivity index (χ3v) is 3.04. The van der Waals surface area contributed by atoms with Crippen LogP contribution in [0.2, 0.25) is 0 Å². The van der Waals surface area contributed by atoms with Gasteiger partial charge in [0.25, 0.3) is 0 Å². The number of carboxylic acids is 1. The van der Waals surface area contributed by atoms with Crippen LogP contribution in [0.25, 0.3) is 0 Å². The highest BCUT2D eigenvalue weighted by Gasteiger charge is 2.22. The number of amides is 1. The summed E-state index contributed by atoms with van der Waals surface area (Å²) in [6.07, 6.45) is 7.51. The van der Waals surface area contributed by atoms with E-state index in [1.54, 1.807) is 20.8 Å². The summed E-state index contributed by atoms with van der Waals surface area (Å²) in [6, 6.07) is -0.453. The molecule has 6 heteroatoms. The third kappa shape index (κ3) is 11.1. The largest absolute Gasteiger partial charge is 0.480 e. The molecule has 1 aliphatic carbocycles. The lowest BCUT2D eigenvalue weighted by Crippen LogP contribution is -2.43. The number of carboxylic acid groups (broad SMARTS) is 1. The van der Waals surface area contributed by atoms with Gasteiger partial charge in [-0.05, 0) is 40.0 Å². The number of alkyl carbamates (subject to hydrolysis) is 1. The van der Waals surface area contributed by atoms with Gasteiger partial charge < -0.3 is 20.9 Å². The first-order chi connectivity index (χ1) is 10.2. The number of aliphatic carboxylic acids is 1. The summed E-state index contributed by atoms with van der Waals surface area (Å²) >= 11 is 0. The molecule has 1 amide bonds. The summed E-state index contributed by atoms with van der Waals surface area (Å²) in [5.41, 5.74) is 5.00. The van der Waals surface area contributed by atoms with Gasteiger partial charge in [0.05, 0.1) is 0 Å². The van der Waals surface area contributed by atoms with Gasteiger partial charge in [0.15, 0.2) is 0 Å². The fourth-order valence-corrected chi connectivity index (χ4v) is 1.97. The standard InChI is InChI=1S/C10H17NO4.C6H13N/c1-5-6-7(8(12)13)11-9(14)15-10(2,3)4;7-6-4-2-1-3-5-6/h5,7H,1,6H2,2-4H3,(H,11,14)(H,12,13);6H,1-5,7H2/t7-;/m1./s1. The lowest BCUT2D eigenvalue weighted by atomic mass is 9.97. The Hall–Kier alpha value is -1.56. The average Bonchev–Trinajstić information content (AvgIpc) is 2.37. The SMILES string of the molecule is C=CC[C@@H](NC(=O)OC(C)(C)C)C(=O)O.NC1CCCCC1. The zero-order chi connectivity index (χ0) is 17.2. The van der Waals surface area contributed by atoms with Crippen molar-refractivity contribution < 1.29 is 19.4 Å². The van der Waals surface area contributed by atoms with Crippen LogP contribution in [0.15, 0.2) is 12.7 Å². The maximum Gasteiger partial charge on any atom is 0.408 e. The molecule has 0 saturated heterocycles. The molecule has 0 bridgehead atoms. The molecular formula is C16H30N2O4. The van der Waals surface area contributed by atoms with Gasteiger partial charge in [-0.1, -0.05) is 25.3 Å². The van der Waals surface area contributed by atoms with Crippen molar-refractivity contribution in [1.29, 1.82) is 0 Å². The van der Waals surface area contributed by atoms with E-state index in [2.05, 4.69) is 11.9 Å². The van der Waals surface area contributed by atoms with Crippen LogP contribution in [-0.2, 0) is 9.53 Å². The van der Waals surface area contributed by atoms with E-state index in [0.717, 1.165) is 0 Å². The number of rotatable bonds is 4. The van der Waals surface area contributed by atoms with Gasteiger partial charge in [0, 0.05) is 6.04 Å². The van der Waals surface area contributed by atoms with Gasteiger partial charge in [0.2, 0.25) is 0 Å². The van der Waals surface area contributed by atoms with E-state index in [9.17, 15) is 9.59 Å². The fraction of sp³-hybridized carbons (Fsp3) is 0.750. The van der Waals surface area contributed by atoms with Crippen LogP contribution in [0, 0.1) is 0 Å². The minimum Gasteiger partial charge on any atom is -0.480 e. The van der Waals surface area contributed by atoms with E-state index in [4.69, 9.17) is 15.6 Å². The average molecular weight is 314 g/mol. The Morgan fingerprint density at radius 3 is 2.23 bits per heavy atom. The molecule has 1 rings (SSSR count). The Bertz CT molecular complexity index is 358. The van der Waals surface area contributed by atoms with Crippen molar-refractivity contribution in [1.82, 2.24) is 5.32 Å². The first kappa shape index (κ1) is 20.4. The molecule has 0 aliphatic heterocycles. The summed E-state index contributed by atoms with van der Waals surface area (Å²) in [6.45, 7) is 8.52. The predicted octanol–water partition coefficient (Wildman–Crippen LogP) is 2.82. The molecule has 0 aromatic heterocycles. The zero-order valence-corrected chi connectivity index (χ0v) is 13.9. The molecule has 1 fully saturated rings. The Morgan fingerprint density at radius 2 is 1.91 bits per heavy atom. The quantitative estimate of drug-likeness (QED) is 0.693. The molecule has 0 aromatic carbocycles. The smallest absolute Gasteiger partial charge is 0.408 e. The number of nitrogens with two attached hydrogens (primary N) is 1. The summed E-state index contributed by atoms with van der Waals surface area (Å²) in [5.74, 6) is -1.11. The van der Waals surface area contributed by atoms with Gasteiger partial charge in [0.1, 0.15) is 11.6 Å². The summed E-state index contributed by atoms with van der Waals surface area (Å²) in [5, 5.41) is 11.0. The first-order valence-electron chi connectivity index (χ1n) is 7.74. The van der Waals surface area contributed by atoms with E-state index in [1.807, 2.05) is 0 Å². The van der Waals surface area contributed by atoms with Gasteiger partial charge in [-0.15, -0.1) is 6.58 Å². The first-order valence-corrected chi connectivity index (χ1v) is 7.74. The van der Waals surface area contributed by atoms with E-state index >= 15 is 0 Å². The molecule has 0 unspecified atom stereocenters. The van der Waals surface area contributed by atoms with Crippen molar-refractivity contribution in [2.75, 3.05) is 0 Å². The molecule has 4 N–H and O–H groups in total. The maximum atomic E-state index is 11.2. The van der Waals surface area contributed by atoms with Crippen molar-refractivity contribution in [3.05, 3.63) is 12.7 Å². The number of carbonyl (C=O) groups excluding carboxylic acids is 1. The van der Waals surface area contributed by atoms with Crippen molar-refractivity contribution >= 4 is 12.1 Å². The van der Waals surface area contributed by atoms with Crippen molar-refractivity contribution in [2.45, 2.75) is 77.0 Å². The molecule has 0 aromatic rings. The van der Waals surface area contributed by atoms with Gasteiger partial charge in [-0.2, -0.15) is 0 Å². The lowest BCUT2D eigenvalue weighted by Gasteiger charge is -2.21. The second-order valence-electron chi connectivity index (χ2n) is 6.46. The summed E-state index contributed by atoms with van der Waals surface area (Å²) in [7, 11) is 0. The topological polar surface area (TPSA) is 102 Å². The summed E-state index contributed by atoms with van der Waals surface area (Å²) in [4.78, 5) is 21.9. The van der Waals surface area contributed by atoms with Crippen LogP contribution >= 0.6 is 0 Å². The number of ether oxygens (including phenoxy) is 1. The van der Waals surface area contributed by atoms with Crippen LogP contribution in [0.4, 0.5) is 4.79 Å². The Labute approximate surface area is 133 Å². The van der Waals surface area contributed by atoms with Crippen LogP contribution in [0.1, 0.15) is 59.3 Å². The number of nitrogens with one attached hydrogen (secondary N) is 1. The van der Waals surface area contributed by atoms with Crippen molar-refractivity contribution in [2.24, 2.45) is 5.73 Å². The highest BCUT2D eigenvalue weighted by molar-refractivity contribution is 5.80. The maximum absolute atomic E-state index is 11.2. The van der Waals surface area contributed by atoms with E-state index in [0.29, 0.717) is 6.04 Å². The molecule has 6 nitrogen and oxygen atoms in total. The second kappa shape index (κ2) is 10.2.